The zero-order valence-corrected chi connectivity index (χ0v) is 9.48. The summed E-state index contributed by atoms with van der Waals surface area (Å²) >= 11 is 0. The molecule has 0 amide bonds. The number of rotatable bonds is 3. The van der Waals surface area contributed by atoms with E-state index in [9.17, 15) is 0 Å². The highest BCUT2D eigenvalue weighted by atomic mass is 15.2. The first-order valence-electron chi connectivity index (χ1n) is 5.67. The maximum atomic E-state index is 4.19. The van der Waals surface area contributed by atoms with E-state index in [2.05, 4.69) is 35.7 Å². The summed E-state index contributed by atoms with van der Waals surface area (Å²) in [6.45, 7) is 2.19. The van der Waals surface area contributed by atoms with Crippen molar-refractivity contribution in [1.82, 2.24) is 15.1 Å². The van der Waals surface area contributed by atoms with Crippen molar-refractivity contribution in [2.24, 2.45) is 7.05 Å². The Hall–Kier alpha value is -1.09. The van der Waals surface area contributed by atoms with Gasteiger partial charge in [-0.1, -0.05) is 12.2 Å². The molecule has 15 heavy (non-hydrogen) atoms. The molecule has 0 saturated heterocycles. The monoisotopic (exact) mass is 205 g/mol. The fourth-order valence-electron chi connectivity index (χ4n) is 2.03. The molecule has 0 saturated carbocycles. The SMILES string of the molecule is CC(NC1C=CCCC1)c1cnn(C)c1. The van der Waals surface area contributed by atoms with Crippen LogP contribution in [0.5, 0.6) is 0 Å². The molecule has 0 fully saturated rings. The lowest BCUT2D eigenvalue weighted by molar-refractivity contribution is 0.467. The molecule has 2 unspecified atom stereocenters. The van der Waals surface area contributed by atoms with Crippen molar-refractivity contribution in [2.75, 3.05) is 0 Å². The van der Waals surface area contributed by atoms with E-state index in [1.54, 1.807) is 0 Å². The van der Waals surface area contributed by atoms with E-state index in [4.69, 9.17) is 0 Å². The summed E-state index contributed by atoms with van der Waals surface area (Å²) in [5, 5.41) is 7.80. The Morgan fingerprint density at radius 1 is 1.60 bits per heavy atom. The third-order valence-corrected chi connectivity index (χ3v) is 2.94. The molecule has 2 atom stereocenters. The van der Waals surface area contributed by atoms with Crippen LogP contribution in [0.2, 0.25) is 0 Å². The first-order valence-corrected chi connectivity index (χ1v) is 5.67. The maximum Gasteiger partial charge on any atom is 0.0537 e. The van der Waals surface area contributed by atoms with Gasteiger partial charge in [0.25, 0.3) is 0 Å². The normalized spacial score (nSPS) is 22.9. The van der Waals surface area contributed by atoms with Gasteiger partial charge in [0.1, 0.15) is 0 Å². The quantitative estimate of drug-likeness (QED) is 0.766. The molecule has 0 aromatic carbocycles. The van der Waals surface area contributed by atoms with E-state index in [1.165, 1.54) is 24.8 Å². The molecule has 0 radical (unpaired) electrons. The fourth-order valence-corrected chi connectivity index (χ4v) is 2.03. The maximum absolute atomic E-state index is 4.19. The number of nitrogens with zero attached hydrogens (tertiary/aromatic N) is 2. The molecule has 1 aromatic rings. The van der Waals surface area contributed by atoms with Crippen molar-refractivity contribution in [3.8, 4) is 0 Å². The van der Waals surface area contributed by atoms with Crippen LogP contribution in [0.4, 0.5) is 0 Å². The summed E-state index contributed by atoms with van der Waals surface area (Å²) < 4.78 is 1.85. The van der Waals surface area contributed by atoms with Crippen LogP contribution >= 0.6 is 0 Å². The average Bonchev–Trinajstić information content (AvgIpc) is 2.66. The van der Waals surface area contributed by atoms with E-state index in [0.29, 0.717) is 12.1 Å². The summed E-state index contributed by atoms with van der Waals surface area (Å²) in [6.07, 6.45) is 12.4. The summed E-state index contributed by atoms with van der Waals surface area (Å²) in [4.78, 5) is 0. The van der Waals surface area contributed by atoms with Crippen LogP contribution in [0.1, 0.15) is 37.8 Å². The Kier molecular flexibility index (Phi) is 3.21. The van der Waals surface area contributed by atoms with Crippen LogP contribution in [0.3, 0.4) is 0 Å². The van der Waals surface area contributed by atoms with Crippen molar-refractivity contribution in [1.29, 1.82) is 0 Å². The van der Waals surface area contributed by atoms with Crippen LogP contribution in [-0.2, 0) is 7.05 Å². The lowest BCUT2D eigenvalue weighted by Gasteiger charge is -2.22. The largest absolute Gasteiger partial charge is 0.304 e. The predicted molar refractivity (Wildman–Crippen MR) is 61.5 cm³/mol. The van der Waals surface area contributed by atoms with Gasteiger partial charge in [-0.3, -0.25) is 4.68 Å². The molecule has 0 aliphatic heterocycles. The molecule has 1 aliphatic rings. The van der Waals surface area contributed by atoms with E-state index < -0.39 is 0 Å². The minimum Gasteiger partial charge on any atom is -0.304 e. The molecule has 0 bridgehead atoms. The van der Waals surface area contributed by atoms with E-state index in [1.807, 2.05) is 17.9 Å². The zero-order valence-electron chi connectivity index (χ0n) is 9.48. The van der Waals surface area contributed by atoms with E-state index >= 15 is 0 Å². The lowest BCUT2D eigenvalue weighted by atomic mass is 10.0. The second-order valence-electron chi connectivity index (χ2n) is 4.30. The van der Waals surface area contributed by atoms with Gasteiger partial charge in [0.15, 0.2) is 0 Å². The smallest absolute Gasteiger partial charge is 0.0537 e. The molecule has 1 aliphatic carbocycles. The lowest BCUT2D eigenvalue weighted by Crippen LogP contribution is -2.30. The van der Waals surface area contributed by atoms with Crippen molar-refractivity contribution >= 4 is 0 Å². The van der Waals surface area contributed by atoms with Crippen molar-refractivity contribution in [2.45, 2.75) is 38.3 Å². The van der Waals surface area contributed by atoms with Crippen LogP contribution < -0.4 is 5.32 Å². The Balaban J connectivity index is 1.94. The highest BCUT2D eigenvalue weighted by Gasteiger charge is 2.13. The van der Waals surface area contributed by atoms with Gasteiger partial charge in [0, 0.05) is 30.9 Å². The number of aromatic nitrogens is 2. The molecule has 0 spiro atoms. The van der Waals surface area contributed by atoms with Gasteiger partial charge in [-0.05, 0) is 26.2 Å². The zero-order chi connectivity index (χ0) is 10.7. The number of nitrogens with one attached hydrogen (secondary N) is 1. The van der Waals surface area contributed by atoms with E-state index in [-0.39, 0.29) is 0 Å². The van der Waals surface area contributed by atoms with Crippen LogP contribution in [0.15, 0.2) is 24.5 Å². The summed E-state index contributed by atoms with van der Waals surface area (Å²) in [5.74, 6) is 0. The molecule has 3 heteroatoms. The first-order chi connectivity index (χ1) is 7.25. The third-order valence-electron chi connectivity index (χ3n) is 2.94. The Labute approximate surface area is 91.2 Å². The summed E-state index contributed by atoms with van der Waals surface area (Å²) in [7, 11) is 1.96. The molecule has 1 aromatic heterocycles. The number of allylic oxidation sites excluding steroid dienone is 1. The molecule has 2 rings (SSSR count). The van der Waals surface area contributed by atoms with Crippen LogP contribution in [-0.4, -0.2) is 15.8 Å². The Morgan fingerprint density at radius 2 is 2.47 bits per heavy atom. The molecule has 3 nitrogen and oxygen atoms in total. The molecule has 1 N–H and O–H groups in total. The molecule has 82 valence electrons. The van der Waals surface area contributed by atoms with Gasteiger partial charge in [-0.2, -0.15) is 5.10 Å². The second-order valence-corrected chi connectivity index (χ2v) is 4.30. The van der Waals surface area contributed by atoms with Crippen molar-refractivity contribution in [3.63, 3.8) is 0 Å². The molecular weight excluding hydrogens is 186 g/mol. The topological polar surface area (TPSA) is 29.9 Å². The van der Waals surface area contributed by atoms with Gasteiger partial charge in [-0.25, -0.2) is 0 Å². The summed E-state index contributed by atoms with van der Waals surface area (Å²) in [6, 6.07) is 0.917. The average molecular weight is 205 g/mol. The van der Waals surface area contributed by atoms with Crippen molar-refractivity contribution < 1.29 is 0 Å². The third kappa shape index (κ3) is 2.69. The fraction of sp³-hybridized carbons (Fsp3) is 0.583. The van der Waals surface area contributed by atoms with E-state index in [0.717, 1.165) is 0 Å². The predicted octanol–water partition coefficient (Wildman–Crippen LogP) is 2.18. The van der Waals surface area contributed by atoms with Gasteiger partial charge < -0.3 is 5.32 Å². The van der Waals surface area contributed by atoms with Gasteiger partial charge in [-0.15, -0.1) is 0 Å². The molecular formula is C12H19N3. The second kappa shape index (κ2) is 4.62. The number of hydrogen-bond donors (Lipinski definition) is 1. The van der Waals surface area contributed by atoms with Crippen molar-refractivity contribution in [3.05, 3.63) is 30.1 Å². The Morgan fingerprint density at radius 3 is 3.07 bits per heavy atom. The van der Waals surface area contributed by atoms with Crippen LogP contribution in [0.25, 0.3) is 0 Å². The van der Waals surface area contributed by atoms with Crippen LogP contribution in [0, 0.1) is 0 Å². The standard InChI is InChI=1S/C12H19N3/c1-10(11-8-13-15(2)9-11)14-12-6-4-3-5-7-12/h4,6,8-10,12,14H,3,5,7H2,1-2H3. The Bertz CT molecular complexity index is 340. The highest BCUT2D eigenvalue weighted by molar-refractivity contribution is 5.10. The molecule has 1 heterocycles. The van der Waals surface area contributed by atoms with Gasteiger partial charge >= 0.3 is 0 Å². The highest BCUT2D eigenvalue weighted by Crippen LogP contribution is 2.16. The van der Waals surface area contributed by atoms with Gasteiger partial charge in [0.05, 0.1) is 6.20 Å². The summed E-state index contributed by atoms with van der Waals surface area (Å²) in [5.41, 5.74) is 1.26. The number of aryl methyl sites for hydroxylation is 1. The minimum atomic E-state index is 0.381. The first kappa shape index (κ1) is 10.4. The van der Waals surface area contributed by atoms with Gasteiger partial charge in [0.2, 0.25) is 0 Å². The minimum absolute atomic E-state index is 0.381. The number of hydrogen-bond acceptors (Lipinski definition) is 2.